The van der Waals surface area contributed by atoms with Crippen LogP contribution in [0.3, 0.4) is 0 Å². The summed E-state index contributed by atoms with van der Waals surface area (Å²) in [6, 6.07) is 41.4. The second kappa shape index (κ2) is 12.1. The van der Waals surface area contributed by atoms with Crippen LogP contribution in [-0.4, -0.2) is 24.4 Å². The fourth-order valence-corrected chi connectivity index (χ4v) is 4.22. The second-order valence-corrected chi connectivity index (χ2v) is 8.47. The molecule has 3 heteroatoms. The van der Waals surface area contributed by atoms with Crippen LogP contribution in [0.2, 0.25) is 0 Å². The lowest BCUT2D eigenvalue weighted by Crippen LogP contribution is -3.10. The molecule has 0 saturated heterocycles. The molecular weight excluding hydrogens is 406 g/mol. The Bertz CT molecular complexity index is 974. The summed E-state index contributed by atoms with van der Waals surface area (Å²) < 4.78 is 6.31. The molecule has 168 valence electrons. The van der Waals surface area contributed by atoms with Gasteiger partial charge in [-0.25, -0.2) is 0 Å². The summed E-state index contributed by atoms with van der Waals surface area (Å²) in [4.78, 5) is 1.31. The van der Waals surface area contributed by atoms with Gasteiger partial charge in [-0.05, 0) is 11.1 Å². The molecule has 0 fully saturated rings. The van der Waals surface area contributed by atoms with Crippen LogP contribution in [0.15, 0.2) is 121 Å². The third-order valence-electron chi connectivity index (χ3n) is 5.78. The summed E-state index contributed by atoms with van der Waals surface area (Å²) in [6.45, 7) is 2.60. The molecule has 0 radical (unpaired) electrons. The largest absolute Gasteiger partial charge is 0.385 e. The van der Waals surface area contributed by atoms with Crippen LogP contribution in [0.4, 0.5) is 0 Å². The zero-order chi connectivity index (χ0) is 22.7. The Balaban J connectivity index is 1.43. The fraction of sp³-hybridized carbons (Fsp3) is 0.200. The van der Waals surface area contributed by atoms with Gasteiger partial charge in [0.25, 0.3) is 0 Å². The first kappa shape index (κ1) is 22.9. The number of ether oxygens (including phenoxy) is 1. The predicted molar refractivity (Wildman–Crippen MR) is 133 cm³/mol. The van der Waals surface area contributed by atoms with Gasteiger partial charge in [-0.2, -0.15) is 0 Å². The molecule has 0 saturated carbocycles. The molecule has 1 atom stereocenters. The van der Waals surface area contributed by atoms with Crippen LogP contribution < -0.4 is 4.90 Å². The van der Waals surface area contributed by atoms with E-state index in [0.29, 0.717) is 6.54 Å². The Hall–Kier alpha value is -3.24. The topological polar surface area (TPSA) is 33.9 Å². The summed E-state index contributed by atoms with van der Waals surface area (Å²) in [5.41, 5.74) is 4.72. The van der Waals surface area contributed by atoms with Gasteiger partial charge < -0.3 is 14.7 Å². The standard InChI is InChI=1S/C30H31NO2/c32-29(24-33-30(27-17-9-3-10-18-27)28-19-11-4-12-20-28)23-31(21-25-13-5-1-6-14-25)22-26-15-7-2-8-16-26/h1-20,29-30,32H,21-24H2/p+1/t29-/m0/s1. The maximum absolute atomic E-state index is 11.0. The van der Waals surface area contributed by atoms with E-state index >= 15 is 0 Å². The first-order valence-electron chi connectivity index (χ1n) is 11.6. The summed E-state index contributed by atoms with van der Waals surface area (Å²) in [7, 11) is 0. The van der Waals surface area contributed by atoms with Crippen molar-refractivity contribution in [3.8, 4) is 0 Å². The van der Waals surface area contributed by atoms with Crippen LogP contribution in [0.25, 0.3) is 0 Å². The summed E-state index contributed by atoms with van der Waals surface area (Å²) in [6.07, 6.45) is -0.768. The highest BCUT2D eigenvalue weighted by molar-refractivity contribution is 5.29. The predicted octanol–water partition coefficient (Wildman–Crippen LogP) is 4.44. The van der Waals surface area contributed by atoms with E-state index in [4.69, 9.17) is 4.74 Å². The maximum atomic E-state index is 11.0. The maximum Gasteiger partial charge on any atom is 0.126 e. The highest BCUT2D eigenvalue weighted by atomic mass is 16.5. The van der Waals surface area contributed by atoms with E-state index in [1.807, 2.05) is 48.5 Å². The van der Waals surface area contributed by atoms with Crippen molar-refractivity contribution in [2.75, 3.05) is 13.2 Å². The van der Waals surface area contributed by atoms with Crippen molar-refractivity contribution in [3.05, 3.63) is 144 Å². The van der Waals surface area contributed by atoms with E-state index in [1.165, 1.54) is 16.0 Å². The van der Waals surface area contributed by atoms with E-state index < -0.39 is 6.10 Å². The molecule has 4 aromatic rings. The average Bonchev–Trinajstić information content (AvgIpc) is 2.87. The summed E-state index contributed by atoms with van der Waals surface area (Å²) in [5.74, 6) is 0. The molecule has 2 N–H and O–H groups in total. The molecule has 0 aliphatic carbocycles. The van der Waals surface area contributed by atoms with E-state index in [9.17, 15) is 5.11 Å². The summed E-state index contributed by atoms with van der Waals surface area (Å²) in [5, 5.41) is 11.0. The molecule has 0 aliphatic heterocycles. The van der Waals surface area contributed by atoms with E-state index in [-0.39, 0.29) is 12.7 Å². The SMILES string of the molecule is O[C@H](COC(c1ccccc1)c1ccccc1)C[NH+](Cc1ccccc1)Cc1ccccc1. The van der Waals surface area contributed by atoms with Gasteiger partial charge in [-0.3, -0.25) is 0 Å². The average molecular weight is 439 g/mol. The minimum atomic E-state index is -0.567. The highest BCUT2D eigenvalue weighted by Gasteiger charge is 2.20. The molecule has 0 heterocycles. The normalized spacial score (nSPS) is 12.2. The van der Waals surface area contributed by atoms with Gasteiger partial charge >= 0.3 is 0 Å². The monoisotopic (exact) mass is 438 g/mol. The van der Waals surface area contributed by atoms with Gasteiger partial charge in [0.15, 0.2) is 0 Å². The van der Waals surface area contributed by atoms with E-state index in [2.05, 4.69) is 72.8 Å². The molecule has 0 spiro atoms. The van der Waals surface area contributed by atoms with E-state index in [1.54, 1.807) is 0 Å². The Morgan fingerprint density at radius 2 is 0.970 bits per heavy atom. The van der Waals surface area contributed by atoms with Crippen molar-refractivity contribution in [3.63, 3.8) is 0 Å². The molecular formula is C30H32NO2+. The summed E-state index contributed by atoms with van der Waals surface area (Å²) >= 11 is 0. The van der Waals surface area contributed by atoms with Gasteiger partial charge in [0.1, 0.15) is 31.8 Å². The van der Waals surface area contributed by atoms with Crippen LogP contribution in [0.5, 0.6) is 0 Å². The van der Waals surface area contributed by atoms with Crippen molar-refractivity contribution in [2.45, 2.75) is 25.3 Å². The lowest BCUT2D eigenvalue weighted by atomic mass is 10.0. The number of hydrogen-bond donors (Lipinski definition) is 2. The van der Waals surface area contributed by atoms with Gasteiger partial charge in [0.05, 0.1) is 6.61 Å². The zero-order valence-corrected chi connectivity index (χ0v) is 18.9. The molecule has 3 nitrogen and oxygen atoms in total. The first-order chi connectivity index (χ1) is 16.3. The van der Waals surface area contributed by atoms with Gasteiger partial charge in [-0.15, -0.1) is 0 Å². The molecule has 4 rings (SSSR count). The van der Waals surface area contributed by atoms with E-state index in [0.717, 1.165) is 24.2 Å². The number of quaternary nitrogens is 1. The Morgan fingerprint density at radius 3 is 1.39 bits per heavy atom. The van der Waals surface area contributed by atoms with Crippen molar-refractivity contribution in [1.82, 2.24) is 0 Å². The molecule has 0 amide bonds. The zero-order valence-electron chi connectivity index (χ0n) is 18.9. The van der Waals surface area contributed by atoms with Crippen molar-refractivity contribution >= 4 is 0 Å². The minimum absolute atomic E-state index is 0.200. The van der Waals surface area contributed by atoms with Gasteiger partial charge in [-0.1, -0.05) is 121 Å². The lowest BCUT2D eigenvalue weighted by Gasteiger charge is -2.25. The number of rotatable bonds is 11. The molecule has 0 bridgehead atoms. The quantitative estimate of drug-likeness (QED) is 0.363. The molecule has 33 heavy (non-hydrogen) atoms. The smallest absolute Gasteiger partial charge is 0.126 e. The lowest BCUT2D eigenvalue weighted by molar-refractivity contribution is -0.930. The molecule has 4 aromatic carbocycles. The van der Waals surface area contributed by atoms with Crippen LogP contribution in [0.1, 0.15) is 28.4 Å². The molecule has 0 aliphatic rings. The number of aliphatic hydroxyl groups excluding tert-OH is 1. The number of nitrogens with one attached hydrogen (secondary N) is 1. The van der Waals surface area contributed by atoms with Crippen LogP contribution >= 0.6 is 0 Å². The Labute approximate surface area is 196 Å². The third-order valence-corrected chi connectivity index (χ3v) is 5.78. The van der Waals surface area contributed by atoms with Crippen molar-refractivity contribution in [1.29, 1.82) is 0 Å². The Morgan fingerprint density at radius 1 is 0.576 bits per heavy atom. The second-order valence-electron chi connectivity index (χ2n) is 8.47. The van der Waals surface area contributed by atoms with Crippen LogP contribution in [0, 0.1) is 0 Å². The third kappa shape index (κ3) is 7.13. The minimum Gasteiger partial charge on any atom is -0.385 e. The van der Waals surface area contributed by atoms with Gasteiger partial charge in [0.2, 0.25) is 0 Å². The molecule has 0 unspecified atom stereocenters. The number of hydrogen-bond acceptors (Lipinski definition) is 2. The fourth-order valence-electron chi connectivity index (χ4n) is 4.22. The molecule has 0 aromatic heterocycles. The highest BCUT2D eigenvalue weighted by Crippen LogP contribution is 2.25. The van der Waals surface area contributed by atoms with Crippen LogP contribution in [-0.2, 0) is 17.8 Å². The van der Waals surface area contributed by atoms with Crippen molar-refractivity contribution < 1.29 is 14.7 Å². The first-order valence-corrected chi connectivity index (χ1v) is 11.6. The Kier molecular flexibility index (Phi) is 8.42. The number of aliphatic hydroxyl groups is 1. The number of benzene rings is 4. The van der Waals surface area contributed by atoms with Crippen molar-refractivity contribution in [2.24, 2.45) is 0 Å². The van der Waals surface area contributed by atoms with Gasteiger partial charge in [0, 0.05) is 11.1 Å².